The number of hydrogen-bond donors (Lipinski definition) is 0. The number of nitrogens with zero attached hydrogens (tertiary/aromatic N) is 3. The highest BCUT2D eigenvalue weighted by atomic mass is 32.2. The lowest BCUT2D eigenvalue weighted by Gasteiger charge is -2.32. The smallest absolute Gasteiger partial charge is 0.284 e. The van der Waals surface area contributed by atoms with Crippen molar-refractivity contribution in [3.63, 3.8) is 0 Å². The molecule has 1 fully saturated rings. The Labute approximate surface area is 144 Å². The average Bonchev–Trinajstić information content (AvgIpc) is 2.52. The van der Waals surface area contributed by atoms with Gasteiger partial charge in [-0.1, -0.05) is 0 Å². The van der Waals surface area contributed by atoms with Gasteiger partial charge in [0.1, 0.15) is 0 Å². The number of nitro groups is 1. The number of carbonyl (C=O) groups is 1. The molecule has 0 saturated carbocycles. The molecule has 0 spiro atoms. The molecule has 1 aromatic carbocycles. The zero-order valence-corrected chi connectivity index (χ0v) is 15.1. The number of nitro benzene ring substituents is 1. The normalized spacial score (nSPS) is 16.2. The number of amides is 1. The highest BCUT2D eigenvalue weighted by molar-refractivity contribution is 8.00. The van der Waals surface area contributed by atoms with E-state index in [9.17, 15) is 23.3 Å². The van der Waals surface area contributed by atoms with Crippen LogP contribution >= 0.6 is 11.8 Å². The first-order chi connectivity index (χ1) is 11.2. The van der Waals surface area contributed by atoms with Gasteiger partial charge in [-0.2, -0.15) is 0 Å². The van der Waals surface area contributed by atoms with E-state index in [1.165, 1.54) is 12.1 Å². The van der Waals surface area contributed by atoms with Crippen molar-refractivity contribution >= 4 is 33.2 Å². The van der Waals surface area contributed by atoms with Gasteiger partial charge in [-0.05, 0) is 19.2 Å². The fourth-order valence-electron chi connectivity index (χ4n) is 2.28. The maximum absolute atomic E-state index is 12.2. The van der Waals surface area contributed by atoms with E-state index >= 15 is 0 Å². The number of thioether (sulfide) groups is 1. The molecule has 1 saturated heterocycles. The average molecular weight is 373 g/mol. The summed E-state index contributed by atoms with van der Waals surface area (Å²) in [6, 6.07) is 3.75. The van der Waals surface area contributed by atoms with Gasteiger partial charge in [0.05, 0.1) is 20.5 Å². The molecule has 0 N–H and O–H groups in total. The minimum absolute atomic E-state index is 0.0745. The molecule has 1 amide bonds. The van der Waals surface area contributed by atoms with Gasteiger partial charge in [0.25, 0.3) is 5.69 Å². The molecular formula is C14H19N3O5S2. The second-order valence-electron chi connectivity index (χ2n) is 5.63. The minimum atomic E-state index is -3.52. The van der Waals surface area contributed by atoms with Crippen LogP contribution in [0, 0.1) is 10.1 Å². The molecule has 8 nitrogen and oxygen atoms in total. The molecule has 2 rings (SSSR count). The maximum atomic E-state index is 12.2. The summed E-state index contributed by atoms with van der Waals surface area (Å²) in [6.45, 7) is 2.90. The third-order valence-corrected chi connectivity index (χ3v) is 5.92. The second kappa shape index (κ2) is 7.49. The highest BCUT2D eigenvalue weighted by Gasteiger charge is 2.22. The molecule has 0 radical (unpaired) electrons. The number of piperazine rings is 1. The van der Waals surface area contributed by atoms with Gasteiger partial charge in [-0.25, -0.2) is 8.42 Å². The van der Waals surface area contributed by atoms with E-state index in [0.29, 0.717) is 13.1 Å². The van der Waals surface area contributed by atoms with E-state index in [1.807, 2.05) is 7.05 Å². The predicted molar refractivity (Wildman–Crippen MR) is 91.0 cm³/mol. The van der Waals surface area contributed by atoms with E-state index in [0.717, 1.165) is 37.2 Å². The molecule has 0 aromatic heterocycles. The fourth-order valence-corrected chi connectivity index (χ4v) is 3.83. The summed E-state index contributed by atoms with van der Waals surface area (Å²) in [4.78, 5) is 26.8. The van der Waals surface area contributed by atoms with Gasteiger partial charge in [0, 0.05) is 38.5 Å². The molecule has 132 valence electrons. The molecule has 1 aliphatic heterocycles. The van der Waals surface area contributed by atoms with E-state index in [4.69, 9.17) is 0 Å². The van der Waals surface area contributed by atoms with Crippen LogP contribution in [0.1, 0.15) is 0 Å². The first-order valence-corrected chi connectivity index (χ1v) is 10.1. The lowest BCUT2D eigenvalue weighted by Crippen LogP contribution is -2.47. The third-order valence-electron chi connectivity index (χ3n) is 3.76. The van der Waals surface area contributed by atoms with Gasteiger partial charge in [-0.15, -0.1) is 11.8 Å². The van der Waals surface area contributed by atoms with Gasteiger partial charge in [-0.3, -0.25) is 14.9 Å². The topological polar surface area (TPSA) is 101 Å². The van der Waals surface area contributed by atoms with Crippen LogP contribution in [-0.4, -0.2) is 74.3 Å². The second-order valence-corrected chi connectivity index (χ2v) is 8.66. The summed E-state index contributed by atoms with van der Waals surface area (Å²) in [5.74, 6) is 0.0116. The fraction of sp³-hybridized carbons (Fsp3) is 0.500. The molecule has 1 aliphatic rings. The van der Waals surface area contributed by atoms with Crippen molar-refractivity contribution < 1.29 is 18.1 Å². The van der Waals surface area contributed by atoms with E-state index in [-0.39, 0.29) is 27.1 Å². The molecule has 0 atom stereocenters. The standard InChI is InChI=1S/C14H19N3O5S2/c1-15-5-7-16(8-6-15)14(18)10-23-13-4-3-11(24(2,21)22)9-12(13)17(19)20/h3-4,9H,5-8,10H2,1-2H3. The van der Waals surface area contributed by atoms with Crippen LogP contribution in [-0.2, 0) is 14.6 Å². The number of benzene rings is 1. The molecule has 10 heteroatoms. The van der Waals surface area contributed by atoms with E-state index < -0.39 is 14.8 Å². The highest BCUT2D eigenvalue weighted by Crippen LogP contribution is 2.31. The van der Waals surface area contributed by atoms with Crippen LogP contribution in [0.5, 0.6) is 0 Å². The van der Waals surface area contributed by atoms with Gasteiger partial charge in [0.2, 0.25) is 5.91 Å². The molecule has 0 unspecified atom stereocenters. The Morgan fingerprint density at radius 1 is 1.29 bits per heavy atom. The number of rotatable bonds is 5. The lowest BCUT2D eigenvalue weighted by atomic mass is 10.3. The van der Waals surface area contributed by atoms with Crippen LogP contribution in [0.15, 0.2) is 28.0 Å². The van der Waals surface area contributed by atoms with Crippen molar-refractivity contribution in [1.29, 1.82) is 0 Å². The molecule has 24 heavy (non-hydrogen) atoms. The summed E-state index contributed by atoms with van der Waals surface area (Å²) in [5, 5.41) is 11.2. The zero-order valence-electron chi connectivity index (χ0n) is 13.5. The number of likely N-dealkylation sites (N-methyl/N-ethyl adjacent to an activating group) is 1. The van der Waals surface area contributed by atoms with Crippen LogP contribution in [0.2, 0.25) is 0 Å². The Morgan fingerprint density at radius 2 is 1.92 bits per heavy atom. The quantitative estimate of drug-likeness (QED) is 0.429. The maximum Gasteiger partial charge on any atom is 0.284 e. The summed E-state index contributed by atoms with van der Waals surface area (Å²) < 4.78 is 23.0. The van der Waals surface area contributed by atoms with Gasteiger partial charge >= 0.3 is 0 Å². The first-order valence-electron chi connectivity index (χ1n) is 7.26. The SMILES string of the molecule is CN1CCN(C(=O)CSc2ccc(S(C)(=O)=O)cc2[N+](=O)[O-])CC1. The Balaban J connectivity index is 2.09. The Kier molecular flexibility index (Phi) is 5.83. The first kappa shape index (κ1) is 18.7. The van der Waals surface area contributed by atoms with Crippen LogP contribution in [0.25, 0.3) is 0 Å². The van der Waals surface area contributed by atoms with E-state index in [1.54, 1.807) is 4.90 Å². The van der Waals surface area contributed by atoms with Crippen LogP contribution in [0.4, 0.5) is 5.69 Å². The van der Waals surface area contributed by atoms with Crippen molar-refractivity contribution in [1.82, 2.24) is 9.80 Å². The third kappa shape index (κ3) is 4.68. The lowest BCUT2D eigenvalue weighted by molar-refractivity contribution is -0.388. The Morgan fingerprint density at radius 3 is 2.46 bits per heavy atom. The Hall–Kier alpha value is -1.65. The number of carbonyl (C=O) groups excluding carboxylic acids is 1. The summed E-state index contributed by atoms with van der Waals surface area (Å²) in [6.07, 6.45) is 0.996. The van der Waals surface area contributed by atoms with Crippen molar-refractivity contribution in [2.24, 2.45) is 0 Å². The van der Waals surface area contributed by atoms with Crippen molar-refractivity contribution in [3.05, 3.63) is 28.3 Å². The zero-order chi connectivity index (χ0) is 17.9. The monoisotopic (exact) mass is 373 g/mol. The van der Waals surface area contributed by atoms with Crippen molar-refractivity contribution in [3.8, 4) is 0 Å². The predicted octanol–water partition coefficient (Wildman–Crippen LogP) is 0.864. The molecule has 0 aliphatic carbocycles. The summed E-state index contributed by atoms with van der Waals surface area (Å²) >= 11 is 1.06. The van der Waals surface area contributed by atoms with Gasteiger partial charge < -0.3 is 9.80 Å². The molecular weight excluding hydrogens is 354 g/mol. The van der Waals surface area contributed by atoms with E-state index in [2.05, 4.69) is 4.90 Å². The number of hydrogen-bond acceptors (Lipinski definition) is 7. The van der Waals surface area contributed by atoms with Gasteiger partial charge in [0.15, 0.2) is 9.84 Å². The van der Waals surface area contributed by atoms with Crippen LogP contribution in [0.3, 0.4) is 0 Å². The van der Waals surface area contributed by atoms with Crippen molar-refractivity contribution in [2.45, 2.75) is 9.79 Å². The minimum Gasteiger partial charge on any atom is -0.339 e. The summed E-state index contributed by atoms with van der Waals surface area (Å²) in [5.41, 5.74) is -0.297. The number of sulfone groups is 1. The van der Waals surface area contributed by atoms with Crippen molar-refractivity contribution in [2.75, 3.05) is 45.2 Å². The summed E-state index contributed by atoms with van der Waals surface area (Å²) in [7, 11) is -1.53. The van der Waals surface area contributed by atoms with Crippen LogP contribution < -0.4 is 0 Å². The Bertz CT molecular complexity index is 743. The largest absolute Gasteiger partial charge is 0.339 e. The molecule has 1 heterocycles. The molecule has 0 bridgehead atoms. The molecule has 1 aromatic rings.